The molecule has 0 radical (unpaired) electrons. The molecule has 2 nitrogen and oxygen atoms in total. The summed E-state index contributed by atoms with van der Waals surface area (Å²) in [6.45, 7) is 6.08. The predicted octanol–water partition coefficient (Wildman–Crippen LogP) is 5.73. The molecule has 3 aromatic carbocycles. The van der Waals surface area contributed by atoms with Gasteiger partial charge >= 0.3 is 0 Å². The lowest BCUT2D eigenvalue weighted by Gasteiger charge is -2.10. The van der Waals surface area contributed by atoms with Gasteiger partial charge < -0.3 is 0 Å². The molecule has 1 aromatic heterocycles. The van der Waals surface area contributed by atoms with Crippen molar-refractivity contribution in [2.45, 2.75) is 6.92 Å². The van der Waals surface area contributed by atoms with Gasteiger partial charge in [0, 0.05) is 11.3 Å². The molecule has 0 N–H and O–H groups in total. The summed E-state index contributed by atoms with van der Waals surface area (Å²) >= 11 is 0. The highest BCUT2D eigenvalue weighted by atomic mass is 15.1. The van der Waals surface area contributed by atoms with Crippen molar-refractivity contribution >= 4 is 16.6 Å². The average Bonchev–Trinajstić information content (AvgIpc) is 3.02. The molecule has 0 spiro atoms. The summed E-state index contributed by atoms with van der Waals surface area (Å²) in [5.41, 5.74) is 6.51. The molecule has 2 heteroatoms. The fraction of sp³-hybridized carbons (Fsp3) is 0.0455. The van der Waals surface area contributed by atoms with E-state index in [9.17, 15) is 0 Å². The summed E-state index contributed by atoms with van der Waals surface area (Å²) in [5.74, 6) is 0.950. The molecule has 0 bridgehead atoms. The zero-order valence-electron chi connectivity index (χ0n) is 13.6. The minimum Gasteiger partial charge on any atom is -0.292 e. The summed E-state index contributed by atoms with van der Waals surface area (Å²) in [6, 6.07) is 27.0. The van der Waals surface area contributed by atoms with Gasteiger partial charge in [-0.25, -0.2) is 4.98 Å². The minimum atomic E-state index is 0.950. The molecule has 0 unspecified atom stereocenters. The van der Waals surface area contributed by atoms with E-state index in [0.29, 0.717) is 0 Å². The van der Waals surface area contributed by atoms with Crippen molar-refractivity contribution in [1.29, 1.82) is 0 Å². The Labute approximate surface area is 141 Å². The van der Waals surface area contributed by atoms with Crippen molar-refractivity contribution in [3.63, 3.8) is 0 Å². The first kappa shape index (κ1) is 14.5. The number of fused-ring (bicyclic) bond motifs is 1. The third-order valence-corrected chi connectivity index (χ3v) is 4.19. The molecule has 0 aliphatic heterocycles. The largest absolute Gasteiger partial charge is 0.292 e. The summed E-state index contributed by atoms with van der Waals surface area (Å²) in [4.78, 5) is 4.89. The van der Waals surface area contributed by atoms with Crippen LogP contribution in [0.5, 0.6) is 0 Å². The molecule has 0 saturated heterocycles. The van der Waals surface area contributed by atoms with Crippen LogP contribution in [0, 0.1) is 0 Å². The number of nitrogens with zero attached hydrogens (tertiary/aromatic N) is 2. The van der Waals surface area contributed by atoms with Gasteiger partial charge in [0.05, 0.1) is 11.0 Å². The van der Waals surface area contributed by atoms with E-state index in [1.54, 1.807) is 0 Å². The SMILES string of the molecule is C=C(C)c1cccc(-c2nc3ccccc3n2-c2ccccc2)c1. The molecule has 116 valence electrons. The van der Waals surface area contributed by atoms with Gasteiger partial charge in [-0.15, -0.1) is 0 Å². The van der Waals surface area contributed by atoms with E-state index in [0.717, 1.165) is 39.2 Å². The van der Waals surface area contributed by atoms with Gasteiger partial charge in [0.15, 0.2) is 0 Å². The van der Waals surface area contributed by atoms with Crippen molar-refractivity contribution < 1.29 is 0 Å². The van der Waals surface area contributed by atoms with Crippen LogP contribution in [0.4, 0.5) is 0 Å². The molecule has 0 fully saturated rings. The lowest BCUT2D eigenvalue weighted by atomic mass is 10.1. The molecular weight excluding hydrogens is 292 g/mol. The van der Waals surface area contributed by atoms with Gasteiger partial charge in [0.1, 0.15) is 5.82 Å². The molecule has 0 aliphatic rings. The predicted molar refractivity (Wildman–Crippen MR) is 101 cm³/mol. The smallest absolute Gasteiger partial charge is 0.145 e. The van der Waals surface area contributed by atoms with Gasteiger partial charge in [-0.05, 0) is 42.8 Å². The normalized spacial score (nSPS) is 10.9. The van der Waals surface area contributed by atoms with Crippen molar-refractivity contribution in [2.75, 3.05) is 0 Å². The molecule has 1 heterocycles. The van der Waals surface area contributed by atoms with E-state index in [4.69, 9.17) is 4.98 Å². The van der Waals surface area contributed by atoms with E-state index in [-0.39, 0.29) is 0 Å². The first-order valence-electron chi connectivity index (χ1n) is 8.03. The molecule has 24 heavy (non-hydrogen) atoms. The number of aromatic nitrogens is 2. The zero-order chi connectivity index (χ0) is 16.5. The number of rotatable bonds is 3. The van der Waals surface area contributed by atoms with Crippen molar-refractivity contribution in [3.05, 3.63) is 91.0 Å². The molecular formula is C22H18N2. The molecule has 4 aromatic rings. The number of imidazole rings is 1. The van der Waals surface area contributed by atoms with Gasteiger partial charge in [0.2, 0.25) is 0 Å². The Morgan fingerprint density at radius 1 is 0.875 bits per heavy atom. The number of para-hydroxylation sites is 3. The lowest BCUT2D eigenvalue weighted by Crippen LogP contribution is -1.97. The monoisotopic (exact) mass is 310 g/mol. The van der Waals surface area contributed by atoms with Crippen molar-refractivity contribution in [2.24, 2.45) is 0 Å². The van der Waals surface area contributed by atoms with Crippen molar-refractivity contribution in [3.8, 4) is 17.1 Å². The first-order chi connectivity index (χ1) is 11.7. The second kappa shape index (κ2) is 5.82. The summed E-state index contributed by atoms with van der Waals surface area (Å²) in [5, 5.41) is 0. The topological polar surface area (TPSA) is 17.8 Å². The van der Waals surface area contributed by atoms with Crippen LogP contribution in [-0.4, -0.2) is 9.55 Å². The summed E-state index contributed by atoms with van der Waals surface area (Å²) < 4.78 is 2.22. The van der Waals surface area contributed by atoms with Gasteiger partial charge in [0.25, 0.3) is 0 Å². The Hall–Kier alpha value is -3.13. The molecule has 0 aliphatic carbocycles. The Bertz CT molecular complexity index is 1030. The van der Waals surface area contributed by atoms with Crippen LogP contribution < -0.4 is 0 Å². The van der Waals surface area contributed by atoms with Crippen LogP contribution >= 0.6 is 0 Å². The van der Waals surface area contributed by atoms with E-state index < -0.39 is 0 Å². The van der Waals surface area contributed by atoms with E-state index >= 15 is 0 Å². The highest BCUT2D eigenvalue weighted by Crippen LogP contribution is 2.29. The van der Waals surface area contributed by atoms with Crippen LogP contribution in [0.2, 0.25) is 0 Å². The average molecular weight is 310 g/mol. The maximum absolute atomic E-state index is 4.89. The Morgan fingerprint density at radius 2 is 1.62 bits per heavy atom. The highest BCUT2D eigenvalue weighted by molar-refractivity contribution is 5.83. The Morgan fingerprint density at radius 3 is 2.42 bits per heavy atom. The number of benzene rings is 3. The molecule has 0 amide bonds. The van der Waals surface area contributed by atoms with Crippen LogP contribution in [0.1, 0.15) is 12.5 Å². The third kappa shape index (κ3) is 2.42. The quantitative estimate of drug-likeness (QED) is 0.473. The second-order valence-electron chi connectivity index (χ2n) is 5.96. The molecule has 0 atom stereocenters. The minimum absolute atomic E-state index is 0.950. The molecule has 4 rings (SSSR count). The maximum Gasteiger partial charge on any atom is 0.145 e. The van der Waals surface area contributed by atoms with Crippen LogP contribution in [0.15, 0.2) is 85.4 Å². The Kier molecular flexibility index (Phi) is 3.51. The highest BCUT2D eigenvalue weighted by Gasteiger charge is 2.14. The number of hydrogen-bond acceptors (Lipinski definition) is 1. The first-order valence-corrected chi connectivity index (χ1v) is 8.03. The molecule has 0 saturated carbocycles. The van der Waals surface area contributed by atoms with Crippen LogP contribution in [0.25, 0.3) is 33.7 Å². The summed E-state index contributed by atoms with van der Waals surface area (Å²) in [7, 11) is 0. The van der Waals surface area contributed by atoms with Crippen LogP contribution in [0.3, 0.4) is 0 Å². The number of allylic oxidation sites excluding steroid dienone is 1. The van der Waals surface area contributed by atoms with E-state index in [2.05, 4.69) is 77.9 Å². The van der Waals surface area contributed by atoms with Gasteiger partial charge in [-0.1, -0.05) is 60.7 Å². The fourth-order valence-corrected chi connectivity index (χ4v) is 2.98. The number of hydrogen-bond donors (Lipinski definition) is 0. The van der Waals surface area contributed by atoms with E-state index in [1.165, 1.54) is 0 Å². The van der Waals surface area contributed by atoms with Crippen LogP contribution in [-0.2, 0) is 0 Å². The zero-order valence-corrected chi connectivity index (χ0v) is 13.6. The van der Waals surface area contributed by atoms with E-state index in [1.807, 2.05) is 19.1 Å². The van der Waals surface area contributed by atoms with Gasteiger partial charge in [-0.2, -0.15) is 0 Å². The maximum atomic E-state index is 4.89. The lowest BCUT2D eigenvalue weighted by molar-refractivity contribution is 1.10. The third-order valence-electron chi connectivity index (χ3n) is 4.19. The summed E-state index contributed by atoms with van der Waals surface area (Å²) in [6.07, 6.45) is 0. The van der Waals surface area contributed by atoms with Crippen molar-refractivity contribution in [1.82, 2.24) is 9.55 Å². The fourth-order valence-electron chi connectivity index (χ4n) is 2.98. The second-order valence-corrected chi connectivity index (χ2v) is 5.96. The van der Waals surface area contributed by atoms with Gasteiger partial charge in [-0.3, -0.25) is 4.57 Å². The standard InChI is InChI=1S/C22H18N2/c1-16(2)17-9-8-10-18(15-17)22-23-20-13-6-7-14-21(20)24(22)19-11-4-3-5-12-19/h3-15H,1H2,2H3. The Balaban J connectivity index is 2.02.